The second-order valence-electron chi connectivity index (χ2n) is 5.58. The molecule has 0 aliphatic carbocycles. The number of unbranched alkanes of at least 4 members (excludes halogenated alkanes) is 1. The summed E-state index contributed by atoms with van der Waals surface area (Å²) in [5, 5.41) is 3.18. The number of nitrogens with one attached hydrogen (secondary N) is 2. The summed E-state index contributed by atoms with van der Waals surface area (Å²) in [6.45, 7) is 10.8. The molecular formula is C12H28N2O2S. The number of sulfonamides is 1. The van der Waals surface area contributed by atoms with Crippen LogP contribution in [0.15, 0.2) is 0 Å². The molecule has 0 atom stereocenters. The average molecular weight is 264 g/mol. The monoisotopic (exact) mass is 264 g/mol. The van der Waals surface area contributed by atoms with E-state index in [1.165, 1.54) is 0 Å². The van der Waals surface area contributed by atoms with Crippen LogP contribution in [0.3, 0.4) is 0 Å². The quantitative estimate of drug-likeness (QED) is 0.624. The summed E-state index contributed by atoms with van der Waals surface area (Å²) < 4.78 is 25.9. The van der Waals surface area contributed by atoms with Crippen LogP contribution in [0.2, 0.25) is 0 Å². The molecular weight excluding hydrogens is 236 g/mol. The molecule has 0 saturated carbocycles. The van der Waals surface area contributed by atoms with Crippen LogP contribution >= 0.6 is 0 Å². The highest BCUT2D eigenvalue weighted by Crippen LogP contribution is 2.17. The minimum Gasteiger partial charge on any atom is -0.317 e. The molecule has 0 aromatic heterocycles. The molecule has 0 heterocycles. The first-order chi connectivity index (χ1) is 7.77. The molecule has 0 rings (SSSR count). The maximum atomic E-state index is 11.6. The standard InChI is InChI=1S/C12H28N2O2S/c1-5-13-9-6-7-11-17(15,16)14-10-8-12(2,3)4/h13-14H,5-11H2,1-4H3. The van der Waals surface area contributed by atoms with Gasteiger partial charge in [0, 0.05) is 6.54 Å². The Morgan fingerprint density at radius 2 is 1.71 bits per heavy atom. The van der Waals surface area contributed by atoms with Gasteiger partial charge in [0.05, 0.1) is 5.75 Å². The maximum Gasteiger partial charge on any atom is 0.211 e. The lowest BCUT2D eigenvalue weighted by Gasteiger charge is -2.18. The Labute approximate surface area is 107 Å². The van der Waals surface area contributed by atoms with Gasteiger partial charge in [-0.05, 0) is 37.8 Å². The molecule has 0 aliphatic heterocycles. The minimum atomic E-state index is -3.07. The Morgan fingerprint density at radius 1 is 1.06 bits per heavy atom. The molecule has 104 valence electrons. The zero-order chi connectivity index (χ0) is 13.4. The Kier molecular flexibility index (Phi) is 8.00. The summed E-state index contributed by atoms with van der Waals surface area (Å²) in [4.78, 5) is 0. The van der Waals surface area contributed by atoms with Gasteiger partial charge in [-0.25, -0.2) is 13.1 Å². The van der Waals surface area contributed by atoms with Crippen molar-refractivity contribution in [3.8, 4) is 0 Å². The third kappa shape index (κ3) is 12.1. The zero-order valence-electron chi connectivity index (χ0n) is 11.7. The van der Waals surface area contributed by atoms with Crippen LogP contribution in [-0.4, -0.2) is 33.8 Å². The summed E-state index contributed by atoms with van der Waals surface area (Å²) in [7, 11) is -3.07. The smallest absolute Gasteiger partial charge is 0.211 e. The van der Waals surface area contributed by atoms with Gasteiger partial charge < -0.3 is 5.32 Å². The SMILES string of the molecule is CCNCCCCS(=O)(=O)NCCC(C)(C)C. The topological polar surface area (TPSA) is 58.2 Å². The van der Waals surface area contributed by atoms with Crippen LogP contribution < -0.4 is 10.0 Å². The van der Waals surface area contributed by atoms with Crippen molar-refractivity contribution >= 4 is 10.0 Å². The fourth-order valence-electron chi connectivity index (χ4n) is 1.37. The highest BCUT2D eigenvalue weighted by Gasteiger charge is 2.13. The number of hydrogen-bond donors (Lipinski definition) is 2. The Morgan fingerprint density at radius 3 is 2.24 bits per heavy atom. The van der Waals surface area contributed by atoms with Gasteiger partial charge in [-0.15, -0.1) is 0 Å². The van der Waals surface area contributed by atoms with E-state index in [0.29, 0.717) is 6.54 Å². The lowest BCUT2D eigenvalue weighted by atomic mass is 9.93. The Hall–Kier alpha value is -0.130. The fraction of sp³-hybridized carbons (Fsp3) is 1.00. The second-order valence-corrected chi connectivity index (χ2v) is 7.51. The molecule has 0 aliphatic rings. The lowest BCUT2D eigenvalue weighted by molar-refractivity contribution is 0.378. The van der Waals surface area contributed by atoms with Gasteiger partial charge in [-0.2, -0.15) is 0 Å². The third-order valence-corrected chi connectivity index (χ3v) is 3.93. The van der Waals surface area contributed by atoms with Gasteiger partial charge in [0.1, 0.15) is 0 Å². The van der Waals surface area contributed by atoms with Crippen molar-refractivity contribution in [1.82, 2.24) is 10.0 Å². The van der Waals surface area contributed by atoms with E-state index in [-0.39, 0.29) is 11.2 Å². The molecule has 2 N–H and O–H groups in total. The van der Waals surface area contributed by atoms with Gasteiger partial charge in [0.2, 0.25) is 10.0 Å². The molecule has 0 amide bonds. The lowest BCUT2D eigenvalue weighted by Crippen LogP contribution is -2.29. The predicted octanol–water partition coefficient (Wildman–Crippen LogP) is 1.73. The minimum absolute atomic E-state index is 0.174. The van der Waals surface area contributed by atoms with E-state index in [9.17, 15) is 8.42 Å². The molecule has 0 aromatic rings. The van der Waals surface area contributed by atoms with Gasteiger partial charge in [0.15, 0.2) is 0 Å². The zero-order valence-corrected chi connectivity index (χ0v) is 12.5. The predicted molar refractivity (Wildman–Crippen MR) is 73.6 cm³/mol. The summed E-state index contributed by atoms with van der Waals surface area (Å²) >= 11 is 0. The highest BCUT2D eigenvalue weighted by atomic mass is 32.2. The van der Waals surface area contributed by atoms with Crippen molar-refractivity contribution in [3.63, 3.8) is 0 Å². The van der Waals surface area contributed by atoms with Crippen molar-refractivity contribution in [1.29, 1.82) is 0 Å². The van der Waals surface area contributed by atoms with E-state index >= 15 is 0 Å². The Bertz CT molecular complexity index is 281. The van der Waals surface area contributed by atoms with Crippen molar-refractivity contribution < 1.29 is 8.42 Å². The third-order valence-electron chi connectivity index (χ3n) is 2.46. The average Bonchev–Trinajstić information content (AvgIpc) is 2.14. The summed E-state index contributed by atoms with van der Waals surface area (Å²) in [6.07, 6.45) is 2.50. The molecule has 5 heteroatoms. The van der Waals surface area contributed by atoms with E-state index in [1.807, 2.05) is 6.92 Å². The fourth-order valence-corrected chi connectivity index (χ4v) is 2.51. The molecule has 17 heavy (non-hydrogen) atoms. The van der Waals surface area contributed by atoms with E-state index < -0.39 is 10.0 Å². The van der Waals surface area contributed by atoms with Crippen LogP contribution in [0.1, 0.15) is 47.0 Å². The van der Waals surface area contributed by atoms with Crippen molar-refractivity contribution in [3.05, 3.63) is 0 Å². The van der Waals surface area contributed by atoms with Crippen LogP contribution in [0.4, 0.5) is 0 Å². The molecule has 0 radical (unpaired) electrons. The van der Waals surface area contributed by atoms with Gasteiger partial charge in [-0.1, -0.05) is 27.7 Å². The largest absolute Gasteiger partial charge is 0.317 e. The van der Waals surface area contributed by atoms with Crippen LogP contribution in [0.25, 0.3) is 0 Å². The highest BCUT2D eigenvalue weighted by molar-refractivity contribution is 7.89. The van der Waals surface area contributed by atoms with Crippen LogP contribution in [0, 0.1) is 5.41 Å². The number of hydrogen-bond acceptors (Lipinski definition) is 3. The van der Waals surface area contributed by atoms with Gasteiger partial charge in [0.25, 0.3) is 0 Å². The Balaban J connectivity index is 3.67. The first kappa shape index (κ1) is 16.9. The van der Waals surface area contributed by atoms with E-state index in [4.69, 9.17) is 0 Å². The van der Waals surface area contributed by atoms with Gasteiger partial charge in [-0.3, -0.25) is 0 Å². The number of rotatable bonds is 9. The van der Waals surface area contributed by atoms with Gasteiger partial charge >= 0.3 is 0 Å². The molecule has 0 bridgehead atoms. The van der Waals surface area contributed by atoms with Crippen molar-refractivity contribution in [2.75, 3.05) is 25.4 Å². The van der Waals surface area contributed by atoms with E-state index in [2.05, 4.69) is 30.8 Å². The summed E-state index contributed by atoms with van der Waals surface area (Å²) in [5.74, 6) is 0.239. The molecule has 0 saturated heterocycles. The molecule has 0 fully saturated rings. The molecule has 4 nitrogen and oxygen atoms in total. The molecule has 0 unspecified atom stereocenters. The molecule has 0 aromatic carbocycles. The molecule has 0 spiro atoms. The van der Waals surface area contributed by atoms with Crippen LogP contribution in [-0.2, 0) is 10.0 Å². The van der Waals surface area contributed by atoms with Crippen LogP contribution in [0.5, 0.6) is 0 Å². The van der Waals surface area contributed by atoms with E-state index in [1.54, 1.807) is 0 Å². The summed E-state index contributed by atoms with van der Waals surface area (Å²) in [5.41, 5.74) is 0.174. The first-order valence-electron chi connectivity index (χ1n) is 6.45. The van der Waals surface area contributed by atoms with Crippen molar-refractivity contribution in [2.24, 2.45) is 5.41 Å². The first-order valence-corrected chi connectivity index (χ1v) is 8.10. The van der Waals surface area contributed by atoms with Crippen molar-refractivity contribution in [2.45, 2.75) is 47.0 Å². The van der Waals surface area contributed by atoms with E-state index in [0.717, 1.165) is 32.4 Å². The normalized spacial score (nSPS) is 12.9. The maximum absolute atomic E-state index is 11.6. The summed E-state index contributed by atoms with van der Waals surface area (Å²) in [6, 6.07) is 0. The second kappa shape index (κ2) is 8.06.